The zero-order valence-corrected chi connectivity index (χ0v) is 27.5. The predicted octanol–water partition coefficient (Wildman–Crippen LogP) is 3.40. The predicted molar refractivity (Wildman–Crippen MR) is 182 cm³/mol. The van der Waals surface area contributed by atoms with Crippen LogP contribution in [0.2, 0.25) is 0 Å². The fourth-order valence-corrected chi connectivity index (χ4v) is 7.28. The number of pyridine rings is 1. The topological polar surface area (TPSA) is 136 Å². The van der Waals surface area contributed by atoms with Gasteiger partial charge in [0.2, 0.25) is 5.87 Å². The van der Waals surface area contributed by atoms with Crippen molar-refractivity contribution < 1.29 is 33.6 Å². The van der Waals surface area contributed by atoms with Crippen molar-refractivity contribution in [2.45, 2.75) is 57.0 Å². The molecule has 0 saturated carbocycles. The second-order valence-corrected chi connectivity index (χ2v) is 12.4. The molecule has 3 aliphatic heterocycles. The molecule has 14 heteroatoms. The summed E-state index contributed by atoms with van der Waals surface area (Å²) < 4.78 is 42.9. The molecule has 2 aromatic heterocycles. The Balaban J connectivity index is 0.00000205. The maximum atomic E-state index is 16.8. The van der Waals surface area contributed by atoms with Gasteiger partial charge in [0.25, 0.3) is 0 Å². The molecule has 4 N–H and O–H groups in total. The number of phenols is 1. The Bertz CT molecular complexity index is 1890. The maximum absolute atomic E-state index is 16.8. The van der Waals surface area contributed by atoms with E-state index in [1.54, 1.807) is 0 Å². The molecule has 2 radical (unpaired) electrons. The van der Waals surface area contributed by atoms with Gasteiger partial charge in [0.05, 0.1) is 23.1 Å². The lowest BCUT2D eigenvalue weighted by Crippen LogP contribution is -2.54. The number of halogens is 2. The van der Waals surface area contributed by atoms with E-state index in [1.165, 1.54) is 30.5 Å². The average molecular weight is 673 g/mol. The molecule has 1 unspecified atom stereocenters. The standard InChI is InChI=1S/C33H33BF2N6O5.C2H6/c1-2-22-25(35)6-5-19-13-21(43)14-23(26(19)22)28-27(36)29-24(15-38-28)30(41-12-9-37-20(16-41)17-47-33(34,44)45)40-31(39-29)46-18-32-7-3-10-42(32)11-4-8-32;1-2/h1,5-6,13-15,20,37,43-45H,3-4,7-12,16-18H2;1-2H3. The van der Waals surface area contributed by atoms with Gasteiger partial charge >= 0.3 is 6.01 Å². The first kappa shape index (κ1) is 34.7. The molecule has 0 bridgehead atoms. The largest absolute Gasteiger partial charge is 0.508 e. The van der Waals surface area contributed by atoms with Crippen molar-refractivity contribution >= 4 is 35.3 Å². The van der Waals surface area contributed by atoms with E-state index < -0.39 is 17.5 Å². The second kappa shape index (κ2) is 14.0. The number of piperazine rings is 1. The summed E-state index contributed by atoms with van der Waals surface area (Å²) in [5.74, 6) is -1.72. The Hall–Kier alpha value is -4.13. The van der Waals surface area contributed by atoms with Crippen molar-refractivity contribution in [2.24, 2.45) is 0 Å². The van der Waals surface area contributed by atoms with E-state index in [0.717, 1.165) is 38.8 Å². The van der Waals surface area contributed by atoms with E-state index in [9.17, 15) is 19.7 Å². The van der Waals surface area contributed by atoms with E-state index >= 15 is 4.39 Å². The fourth-order valence-electron chi connectivity index (χ4n) is 7.28. The summed E-state index contributed by atoms with van der Waals surface area (Å²) in [6.45, 7) is 7.48. The number of terminal acetylenes is 1. The minimum atomic E-state index is -2.79. The lowest BCUT2D eigenvalue weighted by Gasteiger charge is -2.36. The summed E-state index contributed by atoms with van der Waals surface area (Å²) in [6, 6.07) is 4.99. The number of rotatable bonds is 8. The Kier molecular flexibility index (Phi) is 9.93. The molecule has 3 aliphatic rings. The molecular formula is C35H39BF2N6O5. The van der Waals surface area contributed by atoms with Gasteiger partial charge in [0.15, 0.2) is 13.7 Å². The van der Waals surface area contributed by atoms with Crippen molar-refractivity contribution in [2.75, 3.05) is 50.8 Å². The molecule has 4 aromatic rings. The van der Waals surface area contributed by atoms with Gasteiger partial charge in [-0.15, -0.1) is 6.42 Å². The molecule has 256 valence electrons. The quantitative estimate of drug-likeness (QED) is 0.125. The number of aromatic nitrogens is 3. The van der Waals surface area contributed by atoms with Crippen LogP contribution in [0.25, 0.3) is 32.9 Å². The zero-order chi connectivity index (χ0) is 34.9. The first-order valence-corrected chi connectivity index (χ1v) is 16.6. The normalized spacial score (nSPS) is 19.0. The Morgan fingerprint density at radius 3 is 2.61 bits per heavy atom. The van der Waals surface area contributed by atoms with Crippen molar-refractivity contribution in [3.63, 3.8) is 0 Å². The summed E-state index contributed by atoms with van der Waals surface area (Å²) >= 11 is 0. The van der Waals surface area contributed by atoms with E-state index in [4.69, 9.17) is 28.7 Å². The monoisotopic (exact) mass is 672 g/mol. The van der Waals surface area contributed by atoms with E-state index in [1.807, 2.05) is 18.7 Å². The van der Waals surface area contributed by atoms with Crippen LogP contribution in [0.5, 0.6) is 11.8 Å². The minimum Gasteiger partial charge on any atom is -0.508 e. The number of nitrogens with zero attached hydrogens (tertiary/aromatic N) is 5. The van der Waals surface area contributed by atoms with E-state index in [-0.39, 0.29) is 57.7 Å². The van der Waals surface area contributed by atoms with E-state index in [2.05, 4.69) is 26.1 Å². The second-order valence-electron chi connectivity index (χ2n) is 12.4. The molecule has 5 heterocycles. The summed E-state index contributed by atoms with van der Waals surface area (Å²) in [7, 11) is 5.17. The smallest absolute Gasteiger partial charge is 0.319 e. The number of aliphatic hydroxyl groups is 2. The van der Waals surface area contributed by atoms with Crippen LogP contribution in [0.3, 0.4) is 0 Å². The molecule has 3 saturated heterocycles. The maximum Gasteiger partial charge on any atom is 0.319 e. The SMILES string of the molecule is CC.[B]C(O)(O)OCC1CN(c2nc(OCC34CCCN3CCC4)nc3c(F)c(-c4cc(O)cc5ccc(F)c(C#C)c45)ncc23)CCN1. The number of hydrogen-bond donors (Lipinski definition) is 4. The van der Waals surface area contributed by atoms with Crippen LogP contribution < -0.4 is 15.0 Å². The highest BCUT2D eigenvalue weighted by Gasteiger charge is 2.45. The van der Waals surface area contributed by atoms with Crippen LogP contribution in [-0.2, 0) is 4.74 Å². The first-order chi connectivity index (χ1) is 23.5. The van der Waals surface area contributed by atoms with Gasteiger partial charge in [-0.05, 0) is 62.4 Å². The average Bonchev–Trinajstić information content (AvgIpc) is 3.68. The molecule has 3 fully saturated rings. The highest BCUT2D eigenvalue weighted by Crippen LogP contribution is 2.41. The summed E-state index contributed by atoms with van der Waals surface area (Å²) in [6.07, 6.45) is 11.2. The molecular weight excluding hydrogens is 633 g/mol. The van der Waals surface area contributed by atoms with Gasteiger partial charge in [0, 0.05) is 42.8 Å². The number of benzene rings is 2. The van der Waals surface area contributed by atoms with Crippen LogP contribution in [0, 0.1) is 24.0 Å². The summed E-state index contributed by atoms with van der Waals surface area (Å²) in [5, 5.41) is 33.6. The molecule has 11 nitrogen and oxygen atoms in total. The van der Waals surface area contributed by atoms with Crippen LogP contribution >= 0.6 is 0 Å². The van der Waals surface area contributed by atoms with Crippen molar-refractivity contribution in [3.05, 3.63) is 47.7 Å². The van der Waals surface area contributed by atoms with Gasteiger partial charge in [-0.25, -0.2) is 8.78 Å². The molecule has 49 heavy (non-hydrogen) atoms. The van der Waals surface area contributed by atoms with Crippen molar-refractivity contribution in [1.29, 1.82) is 0 Å². The third-order valence-corrected chi connectivity index (χ3v) is 9.43. The summed E-state index contributed by atoms with van der Waals surface area (Å²) in [4.78, 5) is 18.1. The number of nitrogens with one attached hydrogen (secondary N) is 1. The Morgan fingerprint density at radius 2 is 1.90 bits per heavy atom. The molecule has 2 aromatic carbocycles. The van der Waals surface area contributed by atoms with Gasteiger partial charge in [-0.1, -0.05) is 25.8 Å². The van der Waals surface area contributed by atoms with Gasteiger partial charge in [-0.2, -0.15) is 9.97 Å². The first-order valence-electron chi connectivity index (χ1n) is 16.6. The van der Waals surface area contributed by atoms with Gasteiger partial charge in [0.1, 0.15) is 35.2 Å². The van der Waals surface area contributed by atoms with Crippen molar-refractivity contribution in [3.8, 4) is 35.4 Å². The number of phenolic OH excluding ortho intramolecular Hbond substituents is 1. The van der Waals surface area contributed by atoms with Crippen LogP contribution in [0.1, 0.15) is 45.1 Å². The van der Waals surface area contributed by atoms with Crippen LogP contribution in [0.4, 0.5) is 14.6 Å². The molecule has 0 spiro atoms. The molecule has 0 aliphatic carbocycles. The number of fused-ring (bicyclic) bond motifs is 3. The summed E-state index contributed by atoms with van der Waals surface area (Å²) in [5.41, 5.74) is -0.333. The lowest BCUT2D eigenvalue weighted by atomic mass is 9.95. The minimum absolute atomic E-state index is 0.00850. The highest BCUT2D eigenvalue weighted by atomic mass is 19.1. The lowest BCUT2D eigenvalue weighted by molar-refractivity contribution is -0.277. The third kappa shape index (κ3) is 6.86. The number of anilines is 1. The van der Waals surface area contributed by atoms with Gasteiger partial charge in [-0.3, -0.25) is 9.88 Å². The molecule has 7 rings (SSSR count). The highest BCUT2D eigenvalue weighted by molar-refractivity contribution is 6.11. The zero-order valence-electron chi connectivity index (χ0n) is 27.5. The Morgan fingerprint density at radius 1 is 1.14 bits per heavy atom. The fraction of sp³-hybridized carbons (Fsp3) is 0.457. The van der Waals surface area contributed by atoms with Crippen LogP contribution in [0.15, 0.2) is 30.5 Å². The molecule has 0 amide bonds. The molecule has 1 atom stereocenters. The number of hydrogen-bond acceptors (Lipinski definition) is 11. The number of aromatic hydroxyl groups is 1. The van der Waals surface area contributed by atoms with E-state index in [0.29, 0.717) is 42.8 Å². The van der Waals surface area contributed by atoms with Crippen molar-refractivity contribution in [1.82, 2.24) is 25.2 Å². The third-order valence-electron chi connectivity index (χ3n) is 9.43. The number of ether oxygens (including phenoxy) is 2. The van der Waals surface area contributed by atoms with Crippen LogP contribution in [-0.4, -0.2) is 106 Å². The van der Waals surface area contributed by atoms with Gasteiger partial charge < -0.3 is 35.0 Å². The Labute approximate surface area is 284 Å².